The van der Waals surface area contributed by atoms with Crippen molar-refractivity contribution in [1.29, 1.82) is 0 Å². The smallest absolute Gasteiger partial charge is 0.387 e. The van der Waals surface area contributed by atoms with Gasteiger partial charge in [0.2, 0.25) is 0 Å². The quantitative estimate of drug-likeness (QED) is 0.495. The van der Waals surface area contributed by atoms with Gasteiger partial charge in [-0.1, -0.05) is 0 Å². The number of hydrogen-bond acceptors (Lipinski definition) is 3. The first kappa shape index (κ1) is 14.3. The van der Waals surface area contributed by atoms with Gasteiger partial charge < -0.3 is 15.8 Å². The lowest BCUT2D eigenvalue weighted by atomic mass is 10.3. The third-order valence-electron chi connectivity index (χ3n) is 1.64. The predicted octanol–water partition coefficient (Wildman–Crippen LogP) is 1.32. The second-order valence-corrected chi connectivity index (χ2v) is 3.82. The first-order valence-corrected chi connectivity index (χ1v) is 5.46. The van der Waals surface area contributed by atoms with Crippen LogP contribution in [-0.4, -0.2) is 16.8 Å². The van der Waals surface area contributed by atoms with Gasteiger partial charge in [0.05, 0.1) is 0 Å². The van der Waals surface area contributed by atoms with Gasteiger partial charge in [-0.15, -0.1) is 0 Å². The lowest BCUT2D eigenvalue weighted by molar-refractivity contribution is -0.0498. The number of alkyl halides is 2. The molecule has 0 aromatic heterocycles. The maximum Gasteiger partial charge on any atom is 0.387 e. The minimum Gasteiger partial charge on any atom is -0.435 e. The molecule has 5 N–H and O–H groups in total. The Bertz CT molecular complexity index is 427. The summed E-state index contributed by atoms with van der Waals surface area (Å²) in [6.45, 7) is -2.85. The molecule has 18 heavy (non-hydrogen) atoms. The minimum absolute atomic E-state index is 0.0415. The number of hydrazine groups is 1. The van der Waals surface area contributed by atoms with E-state index in [9.17, 15) is 8.78 Å². The van der Waals surface area contributed by atoms with E-state index in [1.54, 1.807) is 0 Å². The molecule has 0 fully saturated rings. The van der Waals surface area contributed by atoms with Gasteiger partial charge in [-0.25, -0.2) is 0 Å². The summed E-state index contributed by atoms with van der Waals surface area (Å²) in [5.74, 6) is 0.0655. The molecule has 1 rings (SSSR count). The number of benzene rings is 1. The molecule has 0 aliphatic carbocycles. The van der Waals surface area contributed by atoms with Crippen LogP contribution in [-0.2, 0) is 0 Å². The Labute approximate surface area is 113 Å². The highest BCUT2D eigenvalue weighted by atomic mass is 32.1. The molecule has 0 saturated carbocycles. The van der Waals surface area contributed by atoms with E-state index in [4.69, 9.17) is 18.0 Å². The van der Waals surface area contributed by atoms with Crippen LogP contribution < -0.4 is 26.6 Å². The highest BCUT2D eigenvalue weighted by Gasteiger charge is 2.04. The molecule has 1 aromatic rings. The van der Waals surface area contributed by atoms with E-state index in [0.29, 0.717) is 5.69 Å². The van der Waals surface area contributed by atoms with Crippen LogP contribution in [0.5, 0.6) is 5.75 Å². The molecule has 9 heteroatoms. The van der Waals surface area contributed by atoms with Crippen LogP contribution >= 0.6 is 24.4 Å². The van der Waals surface area contributed by atoms with Crippen LogP contribution in [0.2, 0.25) is 0 Å². The Morgan fingerprint density at radius 1 is 1.17 bits per heavy atom. The van der Waals surface area contributed by atoms with Gasteiger partial charge in [0, 0.05) is 5.69 Å². The topological polar surface area (TPSA) is 71.3 Å². The van der Waals surface area contributed by atoms with Crippen molar-refractivity contribution >= 4 is 40.3 Å². The zero-order chi connectivity index (χ0) is 13.5. The number of nitrogens with one attached hydrogen (secondary N) is 3. The molecule has 5 nitrogen and oxygen atoms in total. The van der Waals surface area contributed by atoms with Crippen molar-refractivity contribution in [2.75, 3.05) is 5.32 Å². The van der Waals surface area contributed by atoms with E-state index < -0.39 is 6.61 Å². The Morgan fingerprint density at radius 3 is 2.28 bits per heavy atom. The average molecular weight is 292 g/mol. The van der Waals surface area contributed by atoms with Crippen LogP contribution in [0.4, 0.5) is 14.5 Å². The van der Waals surface area contributed by atoms with Gasteiger partial charge in [0.15, 0.2) is 10.2 Å². The highest BCUT2D eigenvalue weighted by molar-refractivity contribution is 7.80. The van der Waals surface area contributed by atoms with Crippen molar-refractivity contribution in [1.82, 2.24) is 10.9 Å². The summed E-state index contributed by atoms with van der Waals surface area (Å²) >= 11 is 9.47. The third-order valence-corrected chi connectivity index (χ3v) is 1.94. The van der Waals surface area contributed by atoms with Crippen LogP contribution in [0.15, 0.2) is 24.3 Å². The lowest BCUT2D eigenvalue weighted by Crippen LogP contribution is -2.46. The van der Waals surface area contributed by atoms with Crippen molar-refractivity contribution in [3.8, 4) is 5.75 Å². The monoisotopic (exact) mass is 292 g/mol. The van der Waals surface area contributed by atoms with E-state index in [1.165, 1.54) is 24.3 Å². The number of hydrogen-bond donors (Lipinski definition) is 4. The lowest BCUT2D eigenvalue weighted by Gasteiger charge is -2.11. The van der Waals surface area contributed by atoms with E-state index in [1.807, 2.05) is 0 Å². The number of rotatable bonds is 3. The predicted molar refractivity (Wildman–Crippen MR) is 72.4 cm³/mol. The molecule has 1 aromatic carbocycles. The second kappa shape index (κ2) is 6.87. The van der Waals surface area contributed by atoms with E-state index >= 15 is 0 Å². The first-order valence-electron chi connectivity index (χ1n) is 4.64. The Balaban J connectivity index is 2.48. The van der Waals surface area contributed by atoms with Crippen molar-refractivity contribution in [2.45, 2.75) is 6.61 Å². The molecule has 0 saturated heterocycles. The summed E-state index contributed by atoms with van der Waals surface area (Å²) < 4.78 is 28.0. The van der Waals surface area contributed by atoms with Crippen LogP contribution in [0.25, 0.3) is 0 Å². The maximum absolute atomic E-state index is 11.9. The van der Waals surface area contributed by atoms with Gasteiger partial charge in [-0.2, -0.15) is 8.78 Å². The molecule has 0 radical (unpaired) electrons. The summed E-state index contributed by atoms with van der Waals surface area (Å²) in [4.78, 5) is 0. The summed E-state index contributed by atoms with van der Waals surface area (Å²) in [6, 6.07) is 5.84. The molecular weight excluding hydrogens is 282 g/mol. The summed E-state index contributed by atoms with van der Waals surface area (Å²) in [7, 11) is 0. The Morgan fingerprint density at radius 2 is 1.78 bits per heavy atom. The van der Waals surface area contributed by atoms with Crippen molar-refractivity contribution in [3.63, 3.8) is 0 Å². The standard InChI is InChI=1S/C9H10F2N4OS2/c10-7(11)16-6-3-1-5(2-4-6)13-9(18)15-14-8(12)17/h1-4,7H,(H3,12,14,17)(H2,13,15,18). The van der Waals surface area contributed by atoms with Gasteiger partial charge in [0.25, 0.3) is 0 Å². The molecule has 0 aliphatic heterocycles. The fourth-order valence-corrected chi connectivity index (χ4v) is 1.22. The number of halogens is 2. The molecule has 0 heterocycles. The summed E-state index contributed by atoms with van der Waals surface area (Å²) in [6.07, 6.45) is 0. The second-order valence-electron chi connectivity index (χ2n) is 2.97. The minimum atomic E-state index is -2.85. The van der Waals surface area contributed by atoms with E-state index in [2.05, 4.69) is 33.1 Å². The van der Waals surface area contributed by atoms with Gasteiger partial charge in [0.1, 0.15) is 5.75 Å². The SMILES string of the molecule is NC(=S)NNC(=S)Nc1ccc(OC(F)F)cc1. The molecule has 0 bridgehead atoms. The number of ether oxygens (including phenoxy) is 1. The zero-order valence-electron chi connectivity index (χ0n) is 8.94. The largest absolute Gasteiger partial charge is 0.435 e. The fraction of sp³-hybridized carbons (Fsp3) is 0.111. The zero-order valence-corrected chi connectivity index (χ0v) is 10.6. The van der Waals surface area contributed by atoms with E-state index in [0.717, 1.165) is 0 Å². The van der Waals surface area contributed by atoms with Crippen LogP contribution in [0.3, 0.4) is 0 Å². The Kier molecular flexibility index (Phi) is 5.46. The number of nitrogens with two attached hydrogens (primary N) is 1. The van der Waals surface area contributed by atoms with Crippen LogP contribution in [0, 0.1) is 0 Å². The third kappa shape index (κ3) is 5.55. The van der Waals surface area contributed by atoms with Crippen molar-refractivity contribution in [2.24, 2.45) is 5.73 Å². The Hall–Kier alpha value is -1.74. The first-order chi connectivity index (χ1) is 8.47. The van der Waals surface area contributed by atoms with Crippen molar-refractivity contribution < 1.29 is 13.5 Å². The molecule has 0 atom stereocenters. The van der Waals surface area contributed by atoms with Crippen LogP contribution in [0.1, 0.15) is 0 Å². The molecule has 0 amide bonds. The van der Waals surface area contributed by atoms with Gasteiger partial charge in [-0.05, 0) is 48.7 Å². The molecule has 0 spiro atoms. The molecular formula is C9H10F2N4OS2. The van der Waals surface area contributed by atoms with Crippen molar-refractivity contribution in [3.05, 3.63) is 24.3 Å². The summed E-state index contributed by atoms with van der Waals surface area (Å²) in [5.41, 5.74) is 10.7. The maximum atomic E-state index is 11.9. The normalized spacial score (nSPS) is 9.72. The van der Waals surface area contributed by atoms with E-state index in [-0.39, 0.29) is 16.0 Å². The molecule has 98 valence electrons. The fourth-order valence-electron chi connectivity index (χ4n) is 1.00. The summed E-state index contributed by atoms with van der Waals surface area (Å²) in [5, 5.41) is 3.05. The average Bonchev–Trinajstić information content (AvgIpc) is 2.28. The van der Waals surface area contributed by atoms with Gasteiger partial charge >= 0.3 is 6.61 Å². The van der Waals surface area contributed by atoms with Gasteiger partial charge in [-0.3, -0.25) is 10.9 Å². The highest BCUT2D eigenvalue weighted by Crippen LogP contribution is 2.17. The molecule has 0 unspecified atom stereocenters. The number of anilines is 1. The molecule has 0 aliphatic rings. The number of thiocarbonyl (C=S) groups is 2.